The van der Waals surface area contributed by atoms with Gasteiger partial charge in [0.2, 0.25) is 5.91 Å². The van der Waals surface area contributed by atoms with E-state index in [2.05, 4.69) is 37.4 Å². The Morgan fingerprint density at radius 3 is 2.62 bits per heavy atom. The molecule has 1 atom stereocenters. The Bertz CT molecular complexity index is 848. The largest absolute Gasteiger partial charge is 0.484 e. The number of fused-ring (bicyclic) bond motifs is 1. The second-order valence-electron chi connectivity index (χ2n) is 7.85. The zero-order valence-corrected chi connectivity index (χ0v) is 17.5. The summed E-state index contributed by atoms with van der Waals surface area (Å²) in [5.74, 6) is 1.06. The fraction of sp³-hybridized carbons (Fsp3) is 0.417. The van der Waals surface area contributed by atoms with Gasteiger partial charge in [0.25, 0.3) is 5.91 Å². The lowest BCUT2D eigenvalue weighted by Gasteiger charge is -2.38. The van der Waals surface area contributed by atoms with Crippen LogP contribution in [0.4, 0.5) is 0 Å². The van der Waals surface area contributed by atoms with Gasteiger partial charge >= 0.3 is 0 Å². The minimum absolute atomic E-state index is 0.0148. The molecule has 0 unspecified atom stereocenters. The van der Waals surface area contributed by atoms with Crippen molar-refractivity contribution in [1.82, 2.24) is 10.2 Å². The molecule has 0 aliphatic carbocycles. The van der Waals surface area contributed by atoms with Crippen molar-refractivity contribution >= 4 is 11.8 Å². The van der Waals surface area contributed by atoms with Crippen LogP contribution < -0.4 is 10.1 Å². The second-order valence-corrected chi connectivity index (χ2v) is 7.85. The highest BCUT2D eigenvalue weighted by molar-refractivity contribution is 5.78. The van der Waals surface area contributed by atoms with Gasteiger partial charge in [-0.2, -0.15) is 0 Å². The third kappa shape index (κ3) is 5.17. The first kappa shape index (κ1) is 20.9. The Morgan fingerprint density at radius 2 is 1.93 bits per heavy atom. The average Bonchev–Trinajstić information content (AvgIpc) is 2.75. The van der Waals surface area contributed by atoms with Gasteiger partial charge in [0.15, 0.2) is 6.61 Å². The van der Waals surface area contributed by atoms with E-state index in [1.54, 1.807) is 0 Å². The van der Waals surface area contributed by atoms with Gasteiger partial charge in [0.05, 0.1) is 6.04 Å². The maximum Gasteiger partial charge on any atom is 0.257 e. The van der Waals surface area contributed by atoms with Crippen LogP contribution in [0.1, 0.15) is 49.9 Å². The number of rotatable bonds is 7. The number of amides is 2. The van der Waals surface area contributed by atoms with Gasteiger partial charge in [-0.25, -0.2) is 0 Å². The van der Waals surface area contributed by atoms with E-state index in [1.807, 2.05) is 42.2 Å². The summed E-state index contributed by atoms with van der Waals surface area (Å²) < 4.78 is 5.76. The fourth-order valence-electron chi connectivity index (χ4n) is 3.67. The third-order valence-corrected chi connectivity index (χ3v) is 5.16. The molecule has 1 heterocycles. The first-order chi connectivity index (χ1) is 14.0. The lowest BCUT2D eigenvalue weighted by Crippen LogP contribution is -2.40. The molecule has 1 N–H and O–H groups in total. The van der Waals surface area contributed by atoms with Crippen molar-refractivity contribution in [2.45, 2.75) is 39.7 Å². The molecular formula is C24H30N2O3. The maximum absolute atomic E-state index is 12.6. The van der Waals surface area contributed by atoms with Crippen molar-refractivity contribution < 1.29 is 14.3 Å². The van der Waals surface area contributed by atoms with E-state index in [4.69, 9.17) is 4.74 Å². The van der Waals surface area contributed by atoms with E-state index >= 15 is 0 Å². The van der Waals surface area contributed by atoms with E-state index in [1.165, 1.54) is 5.56 Å². The summed E-state index contributed by atoms with van der Waals surface area (Å²) in [6, 6.07) is 15.9. The lowest BCUT2D eigenvalue weighted by atomic mass is 9.87. The number of hydrogen-bond donors (Lipinski definition) is 1. The van der Waals surface area contributed by atoms with Crippen LogP contribution in [-0.4, -0.2) is 36.4 Å². The van der Waals surface area contributed by atoms with Crippen LogP contribution in [0, 0.1) is 5.92 Å². The van der Waals surface area contributed by atoms with Crippen LogP contribution >= 0.6 is 0 Å². The molecule has 2 aromatic rings. The average molecular weight is 395 g/mol. The monoisotopic (exact) mass is 394 g/mol. The number of hydrogen-bond acceptors (Lipinski definition) is 3. The molecule has 5 nitrogen and oxygen atoms in total. The lowest BCUT2D eigenvalue weighted by molar-refractivity contribution is -0.133. The molecule has 0 spiro atoms. The maximum atomic E-state index is 12.6. The third-order valence-electron chi connectivity index (χ3n) is 5.16. The Morgan fingerprint density at radius 1 is 1.17 bits per heavy atom. The molecule has 0 saturated carbocycles. The molecule has 0 radical (unpaired) electrons. The highest BCUT2D eigenvalue weighted by Crippen LogP contribution is 2.37. The Labute approximate surface area is 173 Å². The number of ether oxygens (including phenoxy) is 1. The zero-order valence-electron chi connectivity index (χ0n) is 17.5. The first-order valence-corrected chi connectivity index (χ1v) is 10.4. The molecular weight excluding hydrogens is 364 g/mol. The summed E-state index contributed by atoms with van der Waals surface area (Å²) in [6.07, 6.45) is 1.30. The second kappa shape index (κ2) is 9.59. The number of carbonyl (C=O) groups excluding carboxylic acids is 2. The van der Waals surface area contributed by atoms with Gasteiger partial charge in [-0.15, -0.1) is 0 Å². The van der Waals surface area contributed by atoms with E-state index in [0.29, 0.717) is 31.2 Å². The molecule has 154 valence electrons. The van der Waals surface area contributed by atoms with Crippen LogP contribution in [0.5, 0.6) is 5.75 Å². The summed E-state index contributed by atoms with van der Waals surface area (Å²) in [7, 11) is 0. The van der Waals surface area contributed by atoms with E-state index in [9.17, 15) is 9.59 Å². The van der Waals surface area contributed by atoms with Gasteiger partial charge < -0.3 is 15.0 Å². The number of carbonyl (C=O) groups is 2. The Hall–Kier alpha value is -2.82. The first-order valence-electron chi connectivity index (χ1n) is 10.4. The minimum atomic E-state index is -0.134. The summed E-state index contributed by atoms with van der Waals surface area (Å²) in [5.41, 5.74) is 3.38. The predicted molar refractivity (Wildman–Crippen MR) is 114 cm³/mol. The standard InChI is InChI=1S/C24H30N2O3/c1-4-23(28)26-13-12-18-10-11-20(29-16-22(27)25-15-17(2)3)14-21(18)24(26)19-8-6-5-7-9-19/h5-11,14,17,24H,4,12-13,15-16H2,1-3H3,(H,25,27)/t24-/m0/s1. The summed E-state index contributed by atoms with van der Waals surface area (Å²) >= 11 is 0. The molecule has 0 aromatic heterocycles. The van der Waals surface area contributed by atoms with E-state index in [-0.39, 0.29) is 24.5 Å². The molecule has 0 saturated heterocycles. The molecule has 1 aliphatic heterocycles. The van der Waals surface area contributed by atoms with E-state index < -0.39 is 0 Å². The number of nitrogens with zero attached hydrogens (tertiary/aromatic N) is 1. The van der Waals surface area contributed by atoms with Crippen molar-refractivity contribution in [3.8, 4) is 5.75 Å². The van der Waals surface area contributed by atoms with Gasteiger partial charge in [-0.3, -0.25) is 9.59 Å². The molecule has 1 aliphatic rings. The normalized spacial score (nSPS) is 15.7. The van der Waals surface area contributed by atoms with Gasteiger partial charge in [0.1, 0.15) is 5.75 Å². The Kier molecular flexibility index (Phi) is 6.91. The van der Waals surface area contributed by atoms with Crippen molar-refractivity contribution in [2.75, 3.05) is 19.7 Å². The molecule has 3 rings (SSSR count). The molecule has 0 bridgehead atoms. The summed E-state index contributed by atoms with van der Waals surface area (Å²) in [6.45, 7) is 7.33. The van der Waals surface area contributed by atoms with Gasteiger partial charge in [-0.1, -0.05) is 57.2 Å². The highest BCUT2D eigenvalue weighted by atomic mass is 16.5. The van der Waals surface area contributed by atoms with Gasteiger partial charge in [-0.05, 0) is 41.2 Å². The van der Waals surface area contributed by atoms with Crippen LogP contribution in [0.15, 0.2) is 48.5 Å². The molecule has 5 heteroatoms. The quantitative estimate of drug-likeness (QED) is 0.779. The smallest absolute Gasteiger partial charge is 0.257 e. The van der Waals surface area contributed by atoms with Crippen LogP contribution in [0.2, 0.25) is 0 Å². The SMILES string of the molecule is CCC(=O)N1CCc2ccc(OCC(=O)NCC(C)C)cc2[C@@H]1c1ccccc1. The molecule has 0 fully saturated rings. The molecule has 2 aromatic carbocycles. The molecule has 29 heavy (non-hydrogen) atoms. The number of benzene rings is 2. The van der Waals surface area contributed by atoms with Crippen molar-refractivity contribution in [3.05, 3.63) is 65.2 Å². The van der Waals surface area contributed by atoms with Crippen molar-refractivity contribution in [2.24, 2.45) is 5.92 Å². The minimum Gasteiger partial charge on any atom is -0.484 e. The van der Waals surface area contributed by atoms with Crippen molar-refractivity contribution in [1.29, 1.82) is 0 Å². The van der Waals surface area contributed by atoms with Crippen LogP contribution in [-0.2, 0) is 16.0 Å². The Balaban J connectivity index is 1.84. The topological polar surface area (TPSA) is 58.6 Å². The number of nitrogens with one attached hydrogen (secondary N) is 1. The van der Waals surface area contributed by atoms with Gasteiger partial charge in [0, 0.05) is 19.5 Å². The fourth-order valence-corrected chi connectivity index (χ4v) is 3.67. The van der Waals surface area contributed by atoms with E-state index in [0.717, 1.165) is 17.5 Å². The highest BCUT2D eigenvalue weighted by Gasteiger charge is 2.31. The molecule has 2 amide bonds. The zero-order chi connectivity index (χ0) is 20.8. The van der Waals surface area contributed by atoms with Crippen molar-refractivity contribution in [3.63, 3.8) is 0 Å². The summed E-state index contributed by atoms with van der Waals surface area (Å²) in [4.78, 5) is 26.6. The van der Waals surface area contributed by atoms with Crippen LogP contribution in [0.3, 0.4) is 0 Å². The summed E-state index contributed by atoms with van der Waals surface area (Å²) in [5, 5.41) is 2.86. The predicted octanol–water partition coefficient (Wildman–Crippen LogP) is 3.72. The van der Waals surface area contributed by atoms with Crippen LogP contribution in [0.25, 0.3) is 0 Å².